The normalized spacial score (nSPS) is 11.9. The third kappa shape index (κ3) is 3.02. The molecule has 0 saturated carbocycles. The van der Waals surface area contributed by atoms with Crippen molar-refractivity contribution >= 4 is 9.84 Å². The maximum absolute atomic E-state index is 12.1. The van der Waals surface area contributed by atoms with E-state index in [0.717, 1.165) is 0 Å². The molecule has 1 aromatic carbocycles. The molecule has 0 heterocycles. The van der Waals surface area contributed by atoms with Crippen LogP contribution < -0.4 is 4.74 Å². The Bertz CT molecular complexity index is 577. The first-order valence-electron chi connectivity index (χ1n) is 5.50. The first-order valence-corrected chi connectivity index (χ1v) is 7.16. The van der Waals surface area contributed by atoms with Gasteiger partial charge in [0.15, 0.2) is 9.84 Å². The van der Waals surface area contributed by atoms with E-state index in [4.69, 9.17) is 10.00 Å². The minimum Gasteiger partial charge on any atom is -0.495 e. The van der Waals surface area contributed by atoms with Gasteiger partial charge in [0.05, 0.1) is 23.2 Å². The molecular formula is C13H17NO3S. The molecule has 0 aromatic heterocycles. The van der Waals surface area contributed by atoms with Crippen LogP contribution in [-0.2, 0) is 15.6 Å². The first kappa shape index (κ1) is 14.5. The fourth-order valence-electron chi connectivity index (χ4n) is 1.35. The predicted molar refractivity (Wildman–Crippen MR) is 70.1 cm³/mol. The number of nitriles is 1. The molecule has 0 N–H and O–H groups in total. The van der Waals surface area contributed by atoms with Gasteiger partial charge in [0.25, 0.3) is 0 Å². The van der Waals surface area contributed by atoms with Crippen LogP contribution in [0.1, 0.15) is 31.9 Å². The molecule has 98 valence electrons. The Hall–Kier alpha value is -1.54. The Labute approximate surface area is 108 Å². The van der Waals surface area contributed by atoms with Crippen LogP contribution in [0.25, 0.3) is 0 Å². The van der Waals surface area contributed by atoms with Crippen molar-refractivity contribution < 1.29 is 13.2 Å². The number of benzene rings is 1. The lowest BCUT2D eigenvalue weighted by Gasteiger charge is -2.19. The van der Waals surface area contributed by atoms with E-state index >= 15 is 0 Å². The van der Waals surface area contributed by atoms with Gasteiger partial charge in [-0.2, -0.15) is 5.26 Å². The zero-order valence-electron chi connectivity index (χ0n) is 11.0. The Morgan fingerprint density at radius 2 is 1.94 bits per heavy atom. The number of rotatable bonds is 3. The molecule has 1 rings (SSSR count). The average Bonchev–Trinajstić information content (AvgIpc) is 2.26. The summed E-state index contributed by atoms with van der Waals surface area (Å²) < 4.78 is 28.4. The maximum Gasteiger partial charge on any atom is 0.159 e. The lowest BCUT2D eigenvalue weighted by Crippen LogP contribution is -2.29. The third-order valence-electron chi connectivity index (χ3n) is 2.68. The molecule has 0 fully saturated rings. The van der Waals surface area contributed by atoms with E-state index in [1.807, 2.05) is 6.07 Å². The summed E-state index contributed by atoms with van der Waals surface area (Å²) in [6.07, 6.45) is 0. The largest absolute Gasteiger partial charge is 0.495 e. The molecule has 4 nitrogen and oxygen atoms in total. The van der Waals surface area contributed by atoms with Crippen molar-refractivity contribution in [3.63, 3.8) is 0 Å². The molecule has 0 spiro atoms. The molecule has 0 saturated heterocycles. The Kier molecular flexibility index (Phi) is 4.02. The lowest BCUT2D eigenvalue weighted by molar-refractivity contribution is 0.413. The summed E-state index contributed by atoms with van der Waals surface area (Å²) in [5, 5.41) is 8.85. The van der Waals surface area contributed by atoms with Crippen molar-refractivity contribution in [3.05, 3.63) is 29.3 Å². The van der Waals surface area contributed by atoms with Crippen LogP contribution in [0.2, 0.25) is 0 Å². The summed E-state index contributed by atoms with van der Waals surface area (Å²) in [7, 11) is -1.78. The van der Waals surface area contributed by atoms with Crippen molar-refractivity contribution in [2.75, 3.05) is 7.11 Å². The monoisotopic (exact) mass is 267 g/mol. The van der Waals surface area contributed by atoms with E-state index in [-0.39, 0.29) is 5.75 Å². The number of hydrogen-bond acceptors (Lipinski definition) is 4. The van der Waals surface area contributed by atoms with E-state index in [2.05, 4.69) is 0 Å². The number of methoxy groups -OCH3 is 1. The summed E-state index contributed by atoms with van der Waals surface area (Å²) in [6, 6.07) is 6.81. The van der Waals surface area contributed by atoms with Crippen molar-refractivity contribution in [2.45, 2.75) is 31.3 Å². The first-order chi connectivity index (χ1) is 8.21. The number of sulfone groups is 1. The Morgan fingerprint density at radius 1 is 1.33 bits per heavy atom. The minimum atomic E-state index is -3.23. The second kappa shape index (κ2) is 4.99. The second-order valence-corrected chi connectivity index (χ2v) is 7.76. The molecular weight excluding hydrogens is 250 g/mol. The predicted octanol–water partition coefficient (Wildman–Crippen LogP) is 2.28. The minimum absolute atomic E-state index is 0.0570. The van der Waals surface area contributed by atoms with Gasteiger partial charge in [-0.1, -0.05) is 6.07 Å². The number of hydrogen-bond donors (Lipinski definition) is 0. The smallest absolute Gasteiger partial charge is 0.159 e. The molecule has 0 aliphatic carbocycles. The highest BCUT2D eigenvalue weighted by Gasteiger charge is 2.29. The van der Waals surface area contributed by atoms with E-state index in [1.54, 1.807) is 39.0 Å². The van der Waals surface area contributed by atoms with Crippen molar-refractivity contribution in [2.24, 2.45) is 0 Å². The quantitative estimate of drug-likeness (QED) is 0.842. The van der Waals surface area contributed by atoms with Gasteiger partial charge in [-0.05, 0) is 38.5 Å². The third-order valence-corrected chi connectivity index (χ3v) is 5.26. The van der Waals surface area contributed by atoms with Crippen LogP contribution in [0.15, 0.2) is 18.2 Å². The van der Waals surface area contributed by atoms with Crippen LogP contribution in [0.3, 0.4) is 0 Å². The van der Waals surface area contributed by atoms with Gasteiger partial charge in [0, 0.05) is 0 Å². The SMILES string of the molecule is COc1cc(CS(=O)(=O)C(C)(C)C)ccc1C#N. The zero-order valence-corrected chi connectivity index (χ0v) is 11.8. The topological polar surface area (TPSA) is 67.2 Å². The highest BCUT2D eigenvalue weighted by atomic mass is 32.2. The van der Waals surface area contributed by atoms with Crippen molar-refractivity contribution in [3.8, 4) is 11.8 Å². The number of ether oxygens (including phenoxy) is 1. The van der Waals surface area contributed by atoms with Gasteiger partial charge in [0.2, 0.25) is 0 Å². The van der Waals surface area contributed by atoms with Crippen LogP contribution in [0.5, 0.6) is 5.75 Å². The lowest BCUT2D eigenvalue weighted by atomic mass is 10.1. The van der Waals surface area contributed by atoms with E-state index < -0.39 is 14.6 Å². The summed E-state index contributed by atoms with van der Waals surface area (Å²) >= 11 is 0. The molecule has 0 radical (unpaired) electrons. The summed E-state index contributed by atoms with van der Waals surface area (Å²) in [6.45, 7) is 5.01. The summed E-state index contributed by atoms with van der Waals surface area (Å²) in [5.41, 5.74) is 1.02. The van der Waals surface area contributed by atoms with Crippen LogP contribution in [0.4, 0.5) is 0 Å². The molecule has 0 bridgehead atoms. The summed E-state index contributed by atoms with van der Waals surface area (Å²) in [5.74, 6) is 0.345. The fraction of sp³-hybridized carbons (Fsp3) is 0.462. The van der Waals surface area contributed by atoms with Gasteiger partial charge in [-0.3, -0.25) is 0 Å². The molecule has 0 unspecified atom stereocenters. The highest BCUT2D eigenvalue weighted by Crippen LogP contribution is 2.24. The van der Waals surface area contributed by atoms with Crippen LogP contribution in [0, 0.1) is 11.3 Å². The fourth-order valence-corrected chi connectivity index (χ4v) is 2.41. The van der Waals surface area contributed by atoms with Gasteiger partial charge < -0.3 is 4.74 Å². The van der Waals surface area contributed by atoms with Gasteiger partial charge >= 0.3 is 0 Å². The average molecular weight is 267 g/mol. The van der Waals surface area contributed by atoms with E-state index in [9.17, 15) is 8.42 Å². The molecule has 0 aliphatic heterocycles. The Morgan fingerprint density at radius 3 is 2.39 bits per heavy atom. The second-order valence-electron chi connectivity index (χ2n) is 5.02. The maximum atomic E-state index is 12.1. The molecule has 18 heavy (non-hydrogen) atoms. The highest BCUT2D eigenvalue weighted by molar-refractivity contribution is 7.91. The van der Waals surface area contributed by atoms with Crippen LogP contribution in [-0.4, -0.2) is 20.3 Å². The number of nitrogens with zero attached hydrogens (tertiary/aromatic N) is 1. The van der Waals surface area contributed by atoms with Crippen LogP contribution >= 0.6 is 0 Å². The van der Waals surface area contributed by atoms with Crippen molar-refractivity contribution in [1.29, 1.82) is 5.26 Å². The van der Waals surface area contributed by atoms with Gasteiger partial charge in [-0.15, -0.1) is 0 Å². The van der Waals surface area contributed by atoms with E-state index in [1.165, 1.54) is 7.11 Å². The molecule has 0 aliphatic rings. The van der Waals surface area contributed by atoms with E-state index in [0.29, 0.717) is 16.9 Å². The van der Waals surface area contributed by atoms with Gasteiger partial charge in [-0.25, -0.2) is 8.42 Å². The molecule has 5 heteroatoms. The molecule has 1 aromatic rings. The zero-order chi connectivity index (χ0) is 14.0. The van der Waals surface area contributed by atoms with Crippen molar-refractivity contribution in [1.82, 2.24) is 0 Å². The molecule has 0 amide bonds. The standard InChI is InChI=1S/C13H17NO3S/c1-13(2,3)18(15,16)9-10-5-6-11(8-14)12(7-10)17-4/h5-7H,9H2,1-4H3. The van der Waals surface area contributed by atoms with Gasteiger partial charge in [0.1, 0.15) is 11.8 Å². The molecule has 0 atom stereocenters. The summed E-state index contributed by atoms with van der Waals surface area (Å²) in [4.78, 5) is 0. The Balaban J connectivity index is 3.12.